The fourth-order valence-electron chi connectivity index (χ4n) is 4.30. The average molecular weight is 556 g/mol. The highest BCUT2D eigenvalue weighted by Gasteiger charge is 2.36. The molecule has 8 heteroatoms. The van der Waals surface area contributed by atoms with Crippen molar-refractivity contribution in [2.75, 3.05) is 18.6 Å². The van der Waals surface area contributed by atoms with E-state index in [-0.39, 0.29) is 11.8 Å². The van der Waals surface area contributed by atoms with E-state index in [0.29, 0.717) is 25.3 Å². The highest BCUT2D eigenvalue weighted by atomic mass is 32.2. The van der Waals surface area contributed by atoms with E-state index in [1.807, 2.05) is 68.6 Å². The third-order valence-corrected chi connectivity index (χ3v) is 6.87. The Morgan fingerprint density at radius 3 is 2.33 bits per heavy atom. The molecular formula is C31H45N3O4S. The molecule has 0 spiro atoms. The molecule has 0 saturated carbocycles. The maximum absolute atomic E-state index is 14.2. The van der Waals surface area contributed by atoms with E-state index < -0.39 is 23.8 Å². The Morgan fingerprint density at radius 2 is 1.74 bits per heavy atom. The van der Waals surface area contributed by atoms with Crippen molar-refractivity contribution in [3.63, 3.8) is 0 Å². The molecule has 0 heterocycles. The number of ether oxygens (including phenoxy) is 1. The summed E-state index contributed by atoms with van der Waals surface area (Å²) in [5.41, 5.74) is 3.07. The van der Waals surface area contributed by atoms with Gasteiger partial charge < -0.3 is 20.3 Å². The molecule has 2 atom stereocenters. The zero-order chi connectivity index (χ0) is 29.0. The van der Waals surface area contributed by atoms with Gasteiger partial charge >= 0.3 is 6.09 Å². The van der Waals surface area contributed by atoms with Crippen LogP contribution in [0.5, 0.6) is 0 Å². The SMILES string of the molecule is CCCCN(C(=O)C(CCSC)NC(=O)OC(C)(C)C)C(C(=O)NCc1ccccc1)c1ccc(C)cc1C. The molecule has 2 unspecified atom stereocenters. The van der Waals surface area contributed by atoms with E-state index in [4.69, 9.17) is 4.74 Å². The van der Waals surface area contributed by atoms with Gasteiger partial charge in [-0.25, -0.2) is 4.79 Å². The van der Waals surface area contributed by atoms with E-state index in [2.05, 4.69) is 17.6 Å². The van der Waals surface area contributed by atoms with E-state index in [1.54, 1.807) is 37.4 Å². The summed E-state index contributed by atoms with van der Waals surface area (Å²) < 4.78 is 5.46. The van der Waals surface area contributed by atoms with Crippen LogP contribution in [0.25, 0.3) is 0 Å². The Bertz CT molecular complexity index is 1080. The van der Waals surface area contributed by atoms with Crippen molar-refractivity contribution in [1.82, 2.24) is 15.5 Å². The first kappa shape index (κ1) is 32.2. The zero-order valence-electron chi connectivity index (χ0n) is 24.5. The summed E-state index contributed by atoms with van der Waals surface area (Å²) in [5, 5.41) is 5.85. The molecule has 39 heavy (non-hydrogen) atoms. The predicted octanol–water partition coefficient (Wildman–Crippen LogP) is 5.94. The van der Waals surface area contributed by atoms with Crippen LogP contribution < -0.4 is 10.6 Å². The van der Waals surface area contributed by atoms with Crippen molar-refractivity contribution in [3.8, 4) is 0 Å². The number of nitrogens with zero attached hydrogens (tertiary/aromatic N) is 1. The third kappa shape index (κ3) is 10.6. The van der Waals surface area contributed by atoms with Crippen LogP contribution in [0.3, 0.4) is 0 Å². The van der Waals surface area contributed by atoms with Crippen LogP contribution >= 0.6 is 11.8 Å². The molecule has 0 radical (unpaired) electrons. The molecule has 0 aliphatic carbocycles. The highest BCUT2D eigenvalue weighted by molar-refractivity contribution is 7.98. The zero-order valence-corrected chi connectivity index (χ0v) is 25.3. The lowest BCUT2D eigenvalue weighted by molar-refractivity contribution is -0.142. The van der Waals surface area contributed by atoms with Gasteiger partial charge in [-0.05, 0) is 76.2 Å². The summed E-state index contributed by atoms with van der Waals surface area (Å²) in [6.07, 6.45) is 3.31. The molecule has 2 aromatic rings. The van der Waals surface area contributed by atoms with E-state index in [1.165, 1.54) is 0 Å². The van der Waals surface area contributed by atoms with Crippen molar-refractivity contribution in [2.24, 2.45) is 0 Å². The second kappa shape index (κ2) is 15.6. The first-order valence-corrected chi connectivity index (χ1v) is 15.0. The third-order valence-electron chi connectivity index (χ3n) is 6.22. The summed E-state index contributed by atoms with van der Waals surface area (Å²) in [6.45, 7) is 12.1. The smallest absolute Gasteiger partial charge is 0.408 e. The van der Waals surface area contributed by atoms with Gasteiger partial charge in [0.05, 0.1) is 0 Å². The monoisotopic (exact) mass is 555 g/mol. The van der Waals surface area contributed by atoms with E-state index >= 15 is 0 Å². The number of hydrogen-bond acceptors (Lipinski definition) is 5. The Hall–Kier alpha value is -3.00. The van der Waals surface area contributed by atoms with Gasteiger partial charge in [0.1, 0.15) is 17.7 Å². The lowest BCUT2D eigenvalue weighted by atomic mass is 9.96. The molecule has 0 saturated heterocycles. The summed E-state index contributed by atoms with van der Waals surface area (Å²) in [7, 11) is 0. The van der Waals surface area contributed by atoms with Gasteiger partial charge in [0.15, 0.2) is 0 Å². The lowest BCUT2D eigenvalue weighted by Crippen LogP contribution is -2.53. The van der Waals surface area contributed by atoms with Gasteiger partial charge in [0, 0.05) is 13.1 Å². The number of unbranched alkanes of at least 4 members (excludes halogenated alkanes) is 1. The van der Waals surface area contributed by atoms with Gasteiger partial charge in [-0.3, -0.25) is 9.59 Å². The standard InChI is InChI=1S/C31H45N3O4S/c1-8-9-18-34(29(36)26(17-19-39-7)33-30(37)38-31(4,5)6)27(25-16-15-22(2)20-23(25)3)28(35)32-21-24-13-11-10-12-14-24/h10-16,20,26-27H,8-9,17-19,21H2,1-7H3,(H,32,35)(H,33,37). The fraction of sp³-hybridized carbons (Fsp3) is 0.516. The number of amides is 3. The van der Waals surface area contributed by atoms with Crippen LogP contribution in [0.15, 0.2) is 48.5 Å². The Labute approximate surface area is 238 Å². The van der Waals surface area contributed by atoms with Gasteiger partial charge in [-0.2, -0.15) is 11.8 Å². The largest absolute Gasteiger partial charge is 0.444 e. The minimum Gasteiger partial charge on any atom is -0.444 e. The first-order valence-electron chi connectivity index (χ1n) is 13.6. The van der Waals surface area contributed by atoms with Crippen molar-refractivity contribution in [3.05, 3.63) is 70.8 Å². The maximum Gasteiger partial charge on any atom is 0.408 e. The normalized spacial score (nSPS) is 12.8. The summed E-state index contributed by atoms with van der Waals surface area (Å²) in [4.78, 5) is 42.4. The average Bonchev–Trinajstić information content (AvgIpc) is 2.87. The molecule has 0 aromatic heterocycles. The molecular weight excluding hydrogens is 510 g/mol. The quantitative estimate of drug-likeness (QED) is 0.320. The predicted molar refractivity (Wildman–Crippen MR) is 160 cm³/mol. The van der Waals surface area contributed by atoms with Gasteiger partial charge in [0.2, 0.25) is 11.8 Å². The van der Waals surface area contributed by atoms with Crippen LogP contribution in [-0.2, 0) is 20.9 Å². The Morgan fingerprint density at radius 1 is 1.05 bits per heavy atom. The molecule has 0 aliphatic heterocycles. The molecule has 3 amide bonds. The van der Waals surface area contributed by atoms with Gasteiger partial charge in [0.25, 0.3) is 0 Å². The van der Waals surface area contributed by atoms with Gasteiger partial charge in [-0.15, -0.1) is 0 Å². The second-order valence-electron chi connectivity index (χ2n) is 10.8. The summed E-state index contributed by atoms with van der Waals surface area (Å²) in [6, 6.07) is 14.0. The number of aryl methyl sites for hydroxylation is 2. The van der Waals surface area contributed by atoms with Crippen LogP contribution in [0, 0.1) is 13.8 Å². The van der Waals surface area contributed by atoms with Crippen molar-refractivity contribution < 1.29 is 19.1 Å². The Kier molecular flexibility index (Phi) is 12.8. The molecule has 214 valence electrons. The molecule has 2 aromatic carbocycles. The number of carbonyl (C=O) groups excluding carboxylic acids is 3. The summed E-state index contributed by atoms with van der Waals surface area (Å²) in [5.74, 6) is 0.127. The molecule has 0 bridgehead atoms. The molecule has 7 nitrogen and oxygen atoms in total. The summed E-state index contributed by atoms with van der Waals surface area (Å²) >= 11 is 1.60. The molecule has 2 rings (SSSR count). The minimum atomic E-state index is -0.842. The lowest BCUT2D eigenvalue weighted by Gasteiger charge is -2.35. The molecule has 0 aliphatic rings. The highest BCUT2D eigenvalue weighted by Crippen LogP contribution is 2.27. The topological polar surface area (TPSA) is 87.7 Å². The number of carbonyl (C=O) groups is 3. The number of benzene rings is 2. The van der Waals surface area contributed by atoms with Gasteiger partial charge in [-0.1, -0.05) is 67.4 Å². The van der Waals surface area contributed by atoms with Crippen molar-refractivity contribution in [2.45, 2.75) is 85.0 Å². The second-order valence-corrected chi connectivity index (χ2v) is 11.8. The fourth-order valence-corrected chi connectivity index (χ4v) is 4.77. The van der Waals surface area contributed by atoms with Crippen LogP contribution in [0.4, 0.5) is 4.79 Å². The van der Waals surface area contributed by atoms with Crippen molar-refractivity contribution >= 4 is 29.7 Å². The maximum atomic E-state index is 14.2. The van der Waals surface area contributed by atoms with Crippen molar-refractivity contribution in [1.29, 1.82) is 0 Å². The van der Waals surface area contributed by atoms with Crippen LogP contribution in [0.2, 0.25) is 0 Å². The molecule has 2 N–H and O–H groups in total. The van der Waals surface area contributed by atoms with E-state index in [9.17, 15) is 14.4 Å². The van der Waals surface area contributed by atoms with E-state index in [0.717, 1.165) is 35.1 Å². The number of alkyl carbamates (subject to hydrolysis) is 1. The first-order chi connectivity index (χ1) is 18.5. The Balaban J connectivity index is 2.48. The van der Waals surface area contributed by atoms with Crippen LogP contribution in [-0.4, -0.2) is 53.0 Å². The number of nitrogens with one attached hydrogen (secondary N) is 2. The van der Waals surface area contributed by atoms with Crippen LogP contribution in [0.1, 0.15) is 75.3 Å². The number of hydrogen-bond donors (Lipinski definition) is 2. The minimum absolute atomic E-state index is 0.254. The number of thioether (sulfide) groups is 1. The molecule has 0 fully saturated rings. The number of rotatable bonds is 13.